The summed E-state index contributed by atoms with van der Waals surface area (Å²) in [7, 11) is -3.51. The van der Waals surface area contributed by atoms with E-state index >= 15 is 0 Å². The number of aromatic nitrogens is 1. The molecular weight excluding hydrogens is 440 g/mol. The number of anilines is 2. The second-order valence-electron chi connectivity index (χ2n) is 7.72. The van der Waals surface area contributed by atoms with E-state index in [1.165, 1.54) is 12.1 Å². The molecule has 1 aromatic heterocycles. The topological polar surface area (TPSA) is 101 Å². The summed E-state index contributed by atoms with van der Waals surface area (Å²) in [5.74, 6) is -0.0885. The maximum Gasteiger partial charge on any atom is 0.319 e. The third-order valence-electron chi connectivity index (χ3n) is 5.32. The molecule has 0 saturated carbocycles. The number of hydrogen-bond acceptors (Lipinski definition) is 6. The molecule has 0 radical (unpaired) electrons. The smallest absolute Gasteiger partial charge is 0.319 e. The van der Waals surface area contributed by atoms with Gasteiger partial charge in [-0.1, -0.05) is 18.2 Å². The summed E-state index contributed by atoms with van der Waals surface area (Å²) in [6.07, 6.45) is 3.34. The minimum atomic E-state index is -3.51. The van der Waals surface area contributed by atoms with Gasteiger partial charge in [-0.25, -0.2) is 13.2 Å². The highest BCUT2D eigenvalue weighted by Gasteiger charge is 2.17. The van der Waals surface area contributed by atoms with Crippen LogP contribution in [0.1, 0.15) is 11.1 Å². The van der Waals surface area contributed by atoms with Gasteiger partial charge in [-0.2, -0.15) is 0 Å². The van der Waals surface area contributed by atoms with Crippen molar-refractivity contribution in [2.45, 2.75) is 17.2 Å². The lowest BCUT2D eigenvalue weighted by Gasteiger charge is -2.28. The molecule has 0 bridgehead atoms. The van der Waals surface area contributed by atoms with E-state index in [4.69, 9.17) is 4.74 Å². The first kappa shape index (κ1) is 22.8. The molecule has 0 unspecified atom stereocenters. The van der Waals surface area contributed by atoms with Crippen molar-refractivity contribution in [1.82, 2.24) is 10.3 Å². The van der Waals surface area contributed by atoms with E-state index in [0.29, 0.717) is 25.4 Å². The van der Waals surface area contributed by atoms with Crippen LogP contribution >= 0.6 is 0 Å². The largest absolute Gasteiger partial charge is 0.378 e. The Morgan fingerprint density at radius 3 is 2.36 bits per heavy atom. The minimum Gasteiger partial charge on any atom is -0.378 e. The minimum absolute atomic E-state index is 0.0885. The van der Waals surface area contributed by atoms with E-state index in [-0.39, 0.29) is 16.7 Å². The van der Waals surface area contributed by atoms with Crippen molar-refractivity contribution in [2.75, 3.05) is 36.5 Å². The Hall–Kier alpha value is -3.43. The monoisotopic (exact) mass is 466 g/mol. The fourth-order valence-corrected chi connectivity index (χ4v) is 4.88. The molecule has 33 heavy (non-hydrogen) atoms. The second-order valence-corrected chi connectivity index (χ2v) is 9.71. The zero-order chi connectivity index (χ0) is 23.1. The van der Waals surface area contributed by atoms with Crippen LogP contribution in [0.4, 0.5) is 16.2 Å². The number of nitrogens with one attached hydrogen (secondary N) is 2. The predicted octanol–water partition coefficient (Wildman–Crippen LogP) is 3.21. The third-order valence-corrected chi connectivity index (χ3v) is 7.02. The van der Waals surface area contributed by atoms with E-state index < -0.39 is 9.84 Å². The molecule has 2 N–H and O–H groups in total. The summed E-state index contributed by atoms with van der Waals surface area (Å²) >= 11 is 0. The van der Waals surface area contributed by atoms with Crippen molar-refractivity contribution in [3.05, 3.63) is 84.2 Å². The van der Waals surface area contributed by atoms with Gasteiger partial charge in [-0.3, -0.25) is 4.98 Å². The number of sulfone groups is 1. The Morgan fingerprint density at radius 2 is 1.70 bits per heavy atom. The molecule has 0 spiro atoms. The molecule has 8 nitrogen and oxygen atoms in total. The molecular formula is C24H26N4O4S. The summed E-state index contributed by atoms with van der Waals surface area (Å²) in [5, 5.41) is 5.43. The molecule has 2 heterocycles. The Balaban J connectivity index is 1.33. The zero-order valence-corrected chi connectivity index (χ0v) is 18.9. The summed E-state index contributed by atoms with van der Waals surface area (Å²) in [5.41, 5.74) is 3.18. The lowest BCUT2D eigenvalue weighted by Crippen LogP contribution is -2.36. The van der Waals surface area contributed by atoms with Gasteiger partial charge in [0.05, 0.1) is 23.9 Å². The SMILES string of the molecule is O=C(NCc1cccnc1)Nc1ccc(S(=O)(=O)Cc2ccc(N3CCOCC3)cc2)cc1. The molecule has 4 rings (SSSR count). The fourth-order valence-electron chi connectivity index (χ4n) is 3.53. The van der Waals surface area contributed by atoms with Crippen LogP contribution < -0.4 is 15.5 Å². The Labute approximate surface area is 193 Å². The Bertz CT molecular complexity index is 1160. The van der Waals surface area contributed by atoms with Gasteiger partial charge in [0.1, 0.15) is 0 Å². The summed E-state index contributed by atoms with van der Waals surface area (Å²) in [6, 6.07) is 17.1. The van der Waals surface area contributed by atoms with Crippen LogP contribution in [0.15, 0.2) is 78.0 Å². The number of rotatable bonds is 7. The first-order valence-electron chi connectivity index (χ1n) is 10.7. The van der Waals surface area contributed by atoms with Crippen LogP contribution in [-0.4, -0.2) is 45.7 Å². The van der Waals surface area contributed by atoms with Crippen LogP contribution in [-0.2, 0) is 26.9 Å². The summed E-state index contributed by atoms with van der Waals surface area (Å²) in [6.45, 7) is 3.41. The number of carbonyl (C=O) groups is 1. The lowest BCUT2D eigenvalue weighted by atomic mass is 10.2. The molecule has 172 valence electrons. The molecule has 0 atom stereocenters. The van der Waals surface area contributed by atoms with Crippen molar-refractivity contribution in [1.29, 1.82) is 0 Å². The molecule has 1 saturated heterocycles. The van der Waals surface area contributed by atoms with Gasteiger partial charge in [0, 0.05) is 43.4 Å². The standard InChI is InChI=1S/C24H26N4O4S/c29-24(26-17-20-2-1-11-25-16-20)27-21-5-9-23(10-6-21)33(30,31)18-19-3-7-22(8-4-19)28-12-14-32-15-13-28/h1-11,16H,12-15,17-18H2,(H2,26,27,29). The van der Waals surface area contributed by atoms with Gasteiger partial charge >= 0.3 is 6.03 Å². The van der Waals surface area contributed by atoms with Crippen LogP contribution in [0.25, 0.3) is 0 Å². The quantitative estimate of drug-likeness (QED) is 0.555. The Kier molecular flexibility index (Phi) is 7.21. The number of amides is 2. The fraction of sp³-hybridized carbons (Fsp3) is 0.250. The second kappa shape index (κ2) is 10.5. The van der Waals surface area contributed by atoms with E-state index in [2.05, 4.69) is 20.5 Å². The summed E-state index contributed by atoms with van der Waals surface area (Å²) in [4.78, 5) is 18.5. The first-order chi connectivity index (χ1) is 16.0. The van der Waals surface area contributed by atoms with Gasteiger partial charge in [0.2, 0.25) is 0 Å². The van der Waals surface area contributed by atoms with E-state index in [1.54, 1.807) is 30.6 Å². The molecule has 1 fully saturated rings. The number of benzene rings is 2. The number of ether oxygens (including phenoxy) is 1. The normalized spacial score (nSPS) is 14.0. The van der Waals surface area contributed by atoms with Crippen LogP contribution in [0.3, 0.4) is 0 Å². The van der Waals surface area contributed by atoms with Gasteiger partial charge in [-0.15, -0.1) is 0 Å². The van der Waals surface area contributed by atoms with Gasteiger partial charge in [0.15, 0.2) is 9.84 Å². The first-order valence-corrected chi connectivity index (χ1v) is 12.3. The molecule has 2 amide bonds. The highest BCUT2D eigenvalue weighted by atomic mass is 32.2. The molecule has 2 aromatic carbocycles. The maximum absolute atomic E-state index is 12.8. The van der Waals surface area contributed by atoms with Crippen molar-refractivity contribution in [2.24, 2.45) is 0 Å². The van der Waals surface area contributed by atoms with Gasteiger partial charge < -0.3 is 20.3 Å². The van der Waals surface area contributed by atoms with E-state index in [0.717, 1.165) is 29.9 Å². The molecule has 1 aliphatic rings. The van der Waals surface area contributed by atoms with Crippen molar-refractivity contribution in [3.63, 3.8) is 0 Å². The molecule has 9 heteroatoms. The average Bonchev–Trinajstić information content (AvgIpc) is 2.84. The number of hydrogen-bond donors (Lipinski definition) is 2. The van der Waals surface area contributed by atoms with E-state index in [9.17, 15) is 13.2 Å². The van der Waals surface area contributed by atoms with Crippen LogP contribution in [0.2, 0.25) is 0 Å². The average molecular weight is 467 g/mol. The lowest BCUT2D eigenvalue weighted by molar-refractivity contribution is 0.122. The van der Waals surface area contributed by atoms with Crippen LogP contribution in [0, 0.1) is 0 Å². The van der Waals surface area contributed by atoms with Crippen LogP contribution in [0.5, 0.6) is 0 Å². The molecule has 0 aliphatic carbocycles. The van der Waals surface area contributed by atoms with Crippen molar-refractivity contribution >= 4 is 27.2 Å². The zero-order valence-electron chi connectivity index (χ0n) is 18.1. The number of nitrogens with zero attached hydrogens (tertiary/aromatic N) is 2. The van der Waals surface area contributed by atoms with Gasteiger partial charge in [0.25, 0.3) is 0 Å². The number of carbonyl (C=O) groups excluding carboxylic acids is 1. The molecule has 3 aromatic rings. The number of urea groups is 1. The third kappa shape index (κ3) is 6.30. The maximum atomic E-state index is 12.8. The number of pyridine rings is 1. The summed E-state index contributed by atoms with van der Waals surface area (Å²) < 4.78 is 31.1. The van der Waals surface area contributed by atoms with Gasteiger partial charge in [-0.05, 0) is 53.6 Å². The highest BCUT2D eigenvalue weighted by molar-refractivity contribution is 7.90. The highest BCUT2D eigenvalue weighted by Crippen LogP contribution is 2.22. The number of morpholine rings is 1. The molecule has 1 aliphatic heterocycles. The van der Waals surface area contributed by atoms with Crippen molar-refractivity contribution in [3.8, 4) is 0 Å². The predicted molar refractivity (Wildman–Crippen MR) is 127 cm³/mol. The Morgan fingerprint density at radius 1 is 0.970 bits per heavy atom. The van der Waals surface area contributed by atoms with E-state index in [1.807, 2.05) is 30.3 Å². The van der Waals surface area contributed by atoms with Crippen molar-refractivity contribution < 1.29 is 17.9 Å².